The van der Waals surface area contributed by atoms with Crippen LogP contribution in [0.2, 0.25) is 0 Å². The van der Waals surface area contributed by atoms with Gasteiger partial charge in [0, 0.05) is 12.7 Å². The Morgan fingerprint density at radius 3 is 2.77 bits per heavy atom. The van der Waals surface area contributed by atoms with Crippen molar-refractivity contribution < 1.29 is 23.2 Å². The fourth-order valence-electron chi connectivity index (χ4n) is 0.982. The summed E-state index contributed by atoms with van der Waals surface area (Å²) in [6.07, 6.45) is 0.457. The topological polar surface area (TPSA) is 93.0 Å². The second kappa shape index (κ2) is 3.33. The Morgan fingerprint density at radius 1 is 1.77 bits per heavy atom. The molecule has 1 atom stereocenters. The van der Waals surface area contributed by atoms with Crippen molar-refractivity contribution in [1.29, 1.82) is 0 Å². The van der Waals surface area contributed by atoms with Crippen LogP contribution in [-0.4, -0.2) is 43.3 Å². The first-order valence-electron chi connectivity index (χ1n) is 3.52. The lowest BCUT2D eigenvalue weighted by Gasteiger charge is -2.04. The van der Waals surface area contributed by atoms with Gasteiger partial charge in [-0.15, -0.1) is 0 Å². The molecule has 1 heterocycles. The maximum Gasteiger partial charge on any atom is 0.353 e. The van der Waals surface area contributed by atoms with Crippen molar-refractivity contribution in [2.24, 2.45) is 5.16 Å². The van der Waals surface area contributed by atoms with E-state index in [0.29, 0.717) is 0 Å². The molecule has 0 aliphatic carbocycles. The normalized spacial score (nSPS) is 22.2. The molecule has 1 aliphatic rings. The summed E-state index contributed by atoms with van der Waals surface area (Å²) in [6.45, 7) is 0. The van der Waals surface area contributed by atoms with Gasteiger partial charge < -0.3 is 9.94 Å². The number of sulfone groups is 1. The summed E-state index contributed by atoms with van der Waals surface area (Å²) >= 11 is 0. The number of oxime groups is 1. The molecular weight excluding hydrogens is 198 g/mol. The molecule has 0 aromatic rings. The van der Waals surface area contributed by atoms with Crippen molar-refractivity contribution in [2.45, 2.75) is 12.5 Å². The highest BCUT2D eigenvalue weighted by molar-refractivity contribution is 7.90. The first-order valence-corrected chi connectivity index (χ1v) is 5.58. The van der Waals surface area contributed by atoms with Gasteiger partial charge in [0.2, 0.25) is 0 Å². The van der Waals surface area contributed by atoms with E-state index in [1.54, 1.807) is 0 Å². The summed E-state index contributed by atoms with van der Waals surface area (Å²) in [6, 6.07) is 0. The van der Waals surface area contributed by atoms with Crippen LogP contribution >= 0.6 is 0 Å². The SMILES string of the molecule is CS(=O)(=O)CC1CC(C(=O)O)=NO1. The van der Waals surface area contributed by atoms with E-state index in [4.69, 9.17) is 5.11 Å². The van der Waals surface area contributed by atoms with E-state index >= 15 is 0 Å². The van der Waals surface area contributed by atoms with E-state index in [1.165, 1.54) is 0 Å². The van der Waals surface area contributed by atoms with Crippen LogP contribution in [0.1, 0.15) is 6.42 Å². The molecule has 1 aliphatic heterocycles. The molecule has 0 aromatic heterocycles. The molecule has 0 fully saturated rings. The highest BCUT2D eigenvalue weighted by Gasteiger charge is 2.28. The van der Waals surface area contributed by atoms with Crippen LogP contribution in [0.4, 0.5) is 0 Å². The second-order valence-corrected chi connectivity index (χ2v) is 5.05. The van der Waals surface area contributed by atoms with Crippen molar-refractivity contribution in [2.75, 3.05) is 12.0 Å². The molecule has 0 radical (unpaired) electrons. The zero-order valence-electron chi connectivity index (χ0n) is 6.93. The lowest BCUT2D eigenvalue weighted by atomic mass is 10.2. The summed E-state index contributed by atoms with van der Waals surface area (Å²) in [4.78, 5) is 15.0. The minimum absolute atomic E-state index is 0.0441. The number of carbonyl (C=O) groups is 1. The summed E-state index contributed by atoms with van der Waals surface area (Å²) in [7, 11) is -3.15. The lowest BCUT2D eigenvalue weighted by molar-refractivity contribution is -0.129. The average Bonchev–Trinajstić information content (AvgIpc) is 2.31. The first kappa shape index (κ1) is 9.97. The van der Waals surface area contributed by atoms with E-state index in [1.807, 2.05) is 0 Å². The largest absolute Gasteiger partial charge is 0.477 e. The van der Waals surface area contributed by atoms with Gasteiger partial charge in [-0.25, -0.2) is 13.2 Å². The molecule has 1 N–H and O–H groups in total. The fourth-order valence-corrected chi connectivity index (χ4v) is 1.84. The van der Waals surface area contributed by atoms with Crippen LogP contribution in [0.5, 0.6) is 0 Å². The van der Waals surface area contributed by atoms with Crippen LogP contribution in [-0.2, 0) is 19.5 Å². The minimum atomic E-state index is -3.15. The van der Waals surface area contributed by atoms with Crippen molar-refractivity contribution in [3.63, 3.8) is 0 Å². The first-order chi connectivity index (χ1) is 5.88. The molecule has 0 spiro atoms. The van der Waals surface area contributed by atoms with Gasteiger partial charge in [0.25, 0.3) is 0 Å². The number of hydrogen-bond acceptors (Lipinski definition) is 5. The van der Waals surface area contributed by atoms with Gasteiger partial charge in [-0.3, -0.25) is 0 Å². The Labute approximate surface area is 75.1 Å². The Bertz CT molecular complexity index is 344. The molecule has 6 nitrogen and oxygen atoms in total. The zero-order valence-corrected chi connectivity index (χ0v) is 7.74. The Kier molecular flexibility index (Phi) is 2.55. The van der Waals surface area contributed by atoms with Crippen molar-refractivity contribution in [3.8, 4) is 0 Å². The zero-order chi connectivity index (χ0) is 10.1. The number of aliphatic carboxylic acids is 1. The van der Waals surface area contributed by atoms with Crippen molar-refractivity contribution >= 4 is 21.5 Å². The van der Waals surface area contributed by atoms with E-state index < -0.39 is 21.9 Å². The third-order valence-corrected chi connectivity index (χ3v) is 2.45. The summed E-state index contributed by atoms with van der Waals surface area (Å²) in [5.74, 6) is -1.37. The molecule has 0 amide bonds. The number of nitrogens with zero attached hydrogens (tertiary/aromatic N) is 1. The van der Waals surface area contributed by atoms with Gasteiger partial charge in [0.05, 0.1) is 5.75 Å². The van der Waals surface area contributed by atoms with Gasteiger partial charge in [-0.2, -0.15) is 0 Å². The highest BCUT2D eigenvalue weighted by atomic mass is 32.2. The molecule has 13 heavy (non-hydrogen) atoms. The van der Waals surface area contributed by atoms with Crippen molar-refractivity contribution in [1.82, 2.24) is 0 Å². The van der Waals surface area contributed by atoms with Crippen molar-refractivity contribution in [3.05, 3.63) is 0 Å². The number of hydrogen-bond donors (Lipinski definition) is 1. The molecule has 7 heteroatoms. The molecule has 0 bridgehead atoms. The van der Waals surface area contributed by atoms with Gasteiger partial charge in [-0.05, 0) is 0 Å². The highest BCUT2D eigenvalue weighted by Crippen LogP contribution is 2.12. The summed E-state index contributed by atoms with van der Waals surface area (Å²) < 4.78 is 21.6. The van der Waals surface area contributed by atoms with Gasteiger partial charge in [-0.1, -0.05) is 5.16 Å². The maximum absolute atomic E-state index is 10.8. The Hall–Kier alpha value is -1.11. The van der Waals surface area contributed by atoms with E-state index in [2.05, 4.69) is 9.99 Å². The van der Waals surface area contributed by atoms with E-state index in [9.17, 15) is 13.2 Å². The van der Waals surface area contributed by atoms with Gasteiger partial charge in [0.1, 0.15) is 6.10 Å². The molecule has 1 unspecified atom stereocenters. The molecular formula is C6H9NO5S. The predicted octanol–water partition coefficient (Wildman–Crippen LogP) is -0.739. The molecule has 0 saturated carbocycles. The molecule has 1 rings (SSSR count). The van der Waals surface area contributed by atoms with Gasteiger partial charge >= 0.3 is 5.97 Å². The summed E-state index contributed by atoms with van der Waals surface area (Å²) in [5.41, 5.74) is -0.131. The Morgan fingerprint density at radius 2 is 2.38 bits per heavy atom. The Balaban J connectivity index is 2.52. The third-order valence-electron chi connectivity index (χ3n) is 1.47. The van der Waals surface area contributed by atoms with E-state index in [0.717, 1.165) is 6.26 Å². The number of carboxylic acid groups (broad SMARTS) is 1. The average molecular weight is 207 g/mol. The van der Waals surface area contributed by atoms with Crippen LogP contribution in [0, 0.1) is 0 Å². The third kappa shape index (κ3) is 3.02. The smallest absolute Gasteiger partial charge is 0.353 e. The predicted molar refractivity (Wildman–Crippen MR) is 44.3 cm³/mol. The monoisotopic (exact) mass is 207 g/mol. The quantitative estimate of drug-likeness (QED) is 0.658. The van der Waals surface area contributed by atoms with Gasteiger partial charge in [0.15, 0.2) is 15.5 Å². The van der Waals surface area contributed by atoms with Crippen LogP contribution in [0.25, 0.3) is 0 Å². The minimum Gasteiger partial charge on any atom is -0.477 e. The standard InChI is InChI=1S/C6H9NO5S/c1-13(10,11)3-4-2-5(6(8)9)7-12-4/h4H,2-3H2,1H3,(H,8,9). The van der Waals surface area contributed by atoms with Crippen LogP contribution in [0.15, 0.2) is 5.16 Å². The van der Waals surface area contributed by atoms with E-state index in [-0.39, 0.29) is 17.9 Å². The number of rotatable bonds is 3. The molecule has 74 valence electrons. The van der Waals surface area contributed by atoms with Crippen LogP contribution in [0.3, 0.4) is 0 Å². The fraction of sp³-hybridized carbons (Fsp3) is 0.667. The summed E-state index contributed by atoms with van der Waals surface area (Å²) in [5, 5.41) is 11.7. The lowest BCUT2D eigenvalue weighted by Crippen LogP contribution is -2.22. The second-order valence-electron chi connectivity index (χ2n) is 2.87. The van der Waals surface area contributed by atoms with Crippen LogP contribution < -0.4 is 0 Å². The maximum atomic E-state index is 10.8. The number of carboxylic acids is 1. The molecule has 0 saturated heterocycles. The molecule has 0 aromatic carbocycles.